The maximum atomic E-state index is 12.7. The first kappa shape index (κ1) is 18.1. The van der Waals surface area contributed by atoms with Crippen LogP contribution in [0, 0.1) is 6.92 Å². The summed E-state index contributed by atoms with van der Waals surface area (Å²) < 4.78 is 11.3. The Morgan fingerprint density at radius 2 is 2.04 bits per heavy atom. The van der Waals surface area contributed by atoms with Crippen molar-refractivity contribution in [2.24, 2.45) is 0 Å². The van der Waals surface area contributed by atoms with Gasteiger partial charge in [0.05, 0.1) is 24.9 Å². The Balaban J connectivity index is 2.47. The van der Waals surface area contributed by atoms with Crippen molar-refractivity contribution in [3.63, 3.8) is 0 Å². The van der Waals surface area contributed by atoms with Gasteiger partial charge in [-0.05, 0) is 32.8 Å². The van der Waals surface area contributed by atoms with Gasteiger partial charge < -0.3 is 9.47 Å². The van der Waals surface area contributed by atoms with Gasteiger partial charge in [-0.1, -0.05) is 6.92 Å². The fourth-order valence-corrected chi connectivity index (χ4v) is 3.27. The Morgan fingerprint density at radius 3 is 2.67 bits per heavy atom. The van der Waals surface area contributed by atoms with Gasteiger partial charge in [0.1, 0.15) is 15.7 Å². The predicted molar refractivity (Wildman–Crippen MR) is 90.5 cm³/mol. The number of esters is 2. The maximum Gasteiger partial charge on any atom is 0.348 e. The minimum absolute atomic E-state index is 0.254. The standard InChI is InChI=1S/C16H20N2O5S/c1-5-7-23-15(20)10(4)18-8-17-13-11(14(18)19)9(3)12(24-13)16(21)22-6-2/h8,10H,5-7H2,1-4H3/t10-/m0/s1. The lowest BCUT2D eigenvalue weighted by Gasteiger charge is -2.13. The van der Waals surface area contributed by atoms with Gasteiger partial charge >= 0.3 is 11.9 Å². The molecule has 2 aromatic rings. The summed E-state index contributed by atoms with van der Waals surface area (Å²) in [7, 11) is 0. The summed E-state index contributed by atoms with van der Waals surface area (Å²) in [5.41, 5.74) is 0.152. The van der Waals surface area contributed by atoms with Gasteiger partial charge in [-0.15, -0.1) is 11.3 Å². The van der Waals surface area contributed by atoms with Crippen molar-refractivity contribution in [2.45, 2.75) is 40.2 Å². The molecule has 0 aromatic carbocycles. The quantitative estimate of drug-likeness (QED) is 0.742. The molecule has 0 aliphatic carbocycles. The lowest BCUT2D eigenvalue weighted by molar-refractivity contribution is -0.147. The first-order valence-corrected chi connectivity index (χ1v) is 8.57. The molecule has 0 spiro atoms. The van der Waals surface area contributed by atoms with Crippen molar-refractivity contribution in [3.8, 4) is 0 Å². The molecule has 0 aliphatic rings. The van der Waals surface area contributed by atoms with Crippen LogP contribution in [-0.2, 0) is 14.3 Å². The number of fused-ring (bicyclic) bond motifs is 1. The fraction of sp³-hybridized carbons (Fsp3) is 0.500. The molecule has 0 saturated heterocycles. The third-order valence-electron chi connectivity index (χ3n) is 3.54. The summed E-state index contributed by atoms with van der Waals surface area (Å²) >= 11 is 1.11. The zero-order valence-electron chi connectivity index (χ0n) is 14.1. The Labute approximate surface area is 143 Å². The second-order valence-electron chi connectivity index (χ2n) is 5.26. The molecule has 0 N–H and O–H groups in total. The summed E-state index contributed by atoms with van der Waals surface area (Å²) in [5.74, 6) is -0.960. The number of thiophene rings is 1. The number of aromatic nitrogens is 2. The van der Waals surface area contributed by atoms with Gasteiger partial charge in [0, 0.05) is 0 Å². The van der Waals surface area contributed by atoms with Crippen molar-refractivity contribution in [3.05, 3.63) is 27.1 Å². The molecule has 8 heteroatoms. The van der Waals surface area contributed by atoms with Gasteiger partial charge in [0.15, 0.2) is 0 Å². The van der Waals surface area contributed by atoms with Crippen LogP contribution in [0.15, 0.2) is 11.1 Å². The minimum atomic E-state index is -0.786. The number of carbonyl (C=O) groups excluding carboxylic acids is 2. The van der Waals surface area contributed by atoms with Crippen LogP contribution >= 0.6 is 11.3 Å². The molecule has 2 rings (SSSR count). The molecule has 130 valence electrons. The highest BCUT2D eigenvalue weighted by Crippen LogP contribution is 2.27. The van der Waals surface area contributed by atoms with Crippen molar-refractivity contribution in [1.29, 1.82) is 0 Å². The van der Waals surface area contributed by atoms with Crippen LogP contribution in [0.5, 0.6) is 0 Å². The molecule has 0 saturated carbocycles. The normalized spacial score (nSPS) is 12.2. The molecule has 0 bridgehead atoms. The second-order valence-corrected chi connectivity index (χ2v) is 6.26. The fourth-order valence-electron chi connectivity index (χ4n) is 2.24. The average molecular weight is 352 g/mol. The van der Waals surface area contributed by atoms with E-state index in [4.69, 9.17) is 9.47 Å². The minimum Gasteiger partial charge on any atom is -0.464 e. The molecular weight excluding hydrogens is 332 g/mol. The third-order valence-corrected chi connectivity index (χ3v) is 4.72. The molecule has 0 aliphatic heterocycles. The topological polar surface area (TPSA) is 87.5 Å². The van der Waals surface area contributed by atoms with Crippen LogP contribution in [0.25, 0.3) is 10.2 Å². The summed E-state index contributed by atoms with van der Waals surface area (Å²) in [5, 5.41) is 0.334. The molecule has 2 heterocycles. The van der Waals surface area contributed by atoms with Crippen LogP contribution < -0.4 is 5.56 Å². The van der Waals surface area contributed by atoms with E-state index in [-0.39, 0.29) is 12.2 Å². The van der Waals surface area contributed by atoms with Crippen LogP contribution in [0.1, 0.15) is 48.5 Å². The number of nitrogens with zero attached hydrogens (tertiary/aromatic N) is 2. The molecular formula is C16H20N2O5S. The van der Waals surface area contributed by atoms with E-state index in [2.05, 4.69) is 4.98 Å². The van der Waals surface area contributed by atoms with Gasteiger partial charge in [-0.2, -0.15) is 0 Å². The highest BCUT2D eigenvalue weighted by atomic mass is 32.1. The summed E-state index contributed by atoms with van der Waals surface area (Å²) in [6.07, 6.45) is 2.02. The number of rotatable bonds is 6. The number of hydrogen-bond donors (Lipinski definition) is 0. The van der Waals surface area contributed by atoms with Gasteiger partial charge in [0.25, 0.3) is 5.56 Å². The van der Waals surface area contributed by atoms with E-state index in [1.54, 1.807) is 20.8 Å². The van der Waals surface area contributed by atoms with Crippen molar-refractivity contribution in [1.82, 2.24) is 9.55 Å². The summed E-state index contributed by atoms with van der Waals surface area (Å²) in [6, 6.07) is -0.786. The monoisotopic (exact) mass is 352 g/mol. The van der Waals surface area contributed by atoms with E-state index in [1.807, 2.05) is 6.92 Å². The van der Waals surface area contributed by atoms with Crippen LogP contribution in [0.3, 0.4) is 0 Å². The molecule has 7 nitrogen and oxygen atoms in total. The molecule has 24 heavy (non-hydrogen) atoms. The molecule has 1 atom stereocenters. The predicted octanol–water partition coefficient (Wildman–Crippen LogP) is 2.46. The molecule has 0 unspecified atom stereocenters. The summed E-state index contributed by atoms with van der Waals surface area (Å²) in [6.45, 7) is 7.43. The highest BCUT2D eigenvalue weighted by Gasteiger charge is 2.23. The molecule has 0 amide bonds. The van der Waals surface area contributed by atoms with E-state index in [0.717, 1.165) is 11.3 Å². The first-order chi connectivity index (χ1) is 11.4. The van der Waals surface area contributed by atoms with Gasteiger partial charge in [0.2, 0.25) is 0 Å². The largest absolute Gasteiger partial charge is 0.464 e. The van der Waals surface area contributed by atoms with E-state index in [0.29, 0.717) is 33.7 Å². The Hall–Kier alpha value is -2.22. The van der Waals surface area contributed by atoms with Crippen molar-refractivity contribution < 1.29 is 19.1 Å². The lowest BCUT2D eigenvalue weighted by atomic mass is 10.2. The van der Waals surface area contributed by atoms with Crippen LogP contribution in [0.4, 0.5) is 0 Å². The van der Waals surface area contributed by atoms with E-state index in [9.17, 15) is 14.4 Å². The number of aryl methyl sites for hydroxylation is 1. The maximum absolute atomic E-state index is 12.7. The zero-order valence-corrected chi connectivity index (χ0v) is 14.9. The van der Waals surface area contributed by atoms with Crippen molar-refractivity contribution in [2.75, 3.05) is 13.2 Å². The third kappa shape index (κ3) is 3.33. The Bertz CT molecular complexity index is 824. The Morgan fingerprint density at radius 1 is 1.33 bits per heavy atom. The SMILES string of the molecule is CCCOC(=O)[C@H](C)n1cnc2sc(C(=O)OCC)c(C)c2c1=O. The van der Waals surface area contributed by atoms with E-state index in [1.165, 1.54) is 10.9 Å². The molecule has 0 fully saturated rings. The lowest BCUT2D eigenvalue weighted by Crippen LogP contribution is -2.29. The van der Waals surface area contributed by atoms with Gasteiger partial charge in [-0.25, -0.2) is 14.6 Å². The van der Waals surface area contributed by atoms with Gasteiger partial charge in [-0.3, -0.25) is 9.36 Å². The smallest absolute Gasteiger partial charge is 0.348 e. The first-order valence-electron chi connectivity index (χ1n) is 7.76. The Kier molecular flexibility index (Phi) is 5.71. The van der Waals surface area contributed by atoms with Crippen LogP contribution in [-0.4, -0.2) is 34.7 Å². The number of ether oxygens (including phenoxy) is 2. The van der Waals surface area contributed by atoms with Crippen LogP contribution in [0.2, 0.25) is 0 Å². The highest BCUT2D eigenvalue weighted by molar-refractivity contribution is 7.20. The zero-order chi connectivity index (χ0) is 17.9. The van der Waals surface area contributed by atoms with E-state index >= 15 is 0 Å². The summed E-state index contributed by atoms with van der Waals surface area (Å²) in [4.78, 5) is 41.7. The molecule has 2 aromatic heterocycles. The van der Waals surface area contributed by atoms with E-state index < -0.39 is 18.0 Å². The van der Waals surface area contributed by atoms with Crippen molar-refractivity contribution >= 4 is 33.5 Å². The second kappa shape index (κ2) is 7.57. The number of carbonyl (C=O) groups is 2. The average Bonchev–Trinajstić information content (AvgIpc) is 2.90. The number of hydrogen-bond acceptors (Lipinski definition) is 7. The molecule has 0 radical (unpaired) electrons.